The minimum absolute atomic E-state index is 0.0447. The van der Waals surface area contributed by atoms with Gasteiger partial charge in [-0.25, -0.2) is 0 Å². The Morgan fingerprint density at radius 1 is 1.25 bits per heavy atom. The Balaban J connectivity index is 4.62. The van der Waals surface area contributed by atoms with E-state index in [0.29, 0.717) is 13.0 Å². The van der Waals surface area contributed by atoms with Gasteiger partial charge in [0, 0.05) is 12.1 Å². The van der Waals surface area contributed by atoms with Crippen LogP contribution >= 0.6 is 0 Å². The molecule has 0 fully saturated rings. The van der Waals surface area contributed by atoms with Crippen LogP contribution in [-0.4, -0.2) is 24.7 Å². The molecule has 0 aromatic heterocycles. The van der Waals surface area contributed by atoms with Crippen LogP contribution in [-0.2, 0) is 9.53 Å². The van der Waals surface area contributed by atoms with Gasteiger partial charge in [-0.1, -0.05) is 20.8 Å². The molecule has 0 rings (SSSR count). The fraction of sp³-hybridized carbons (Fsp3) is 0.917. The minimum Gasteiger partial charge on any atom is -0.464 e. The molecule has 0 bridgehead atoms. The maximum absolute atomic E-state index is 11.9. The van der Waals surface area contributed by atoms with E-state index in [-0.39, 0.29) is 23.9 Å². The second-order valence-corrected chi connectivity index (χ2v) is 6.09. The Morgan fingerprint density at radius 2 is 1.75 bits per heavy atom. The molecule has 4 N–H and O–H groups in total. The molecule has 1 atom stereocenters. The van der Waals surface area contributed by atoms with Crippen molar-refractivity contribution in [1.29, 1.82) is 0 Å². The van der Waals surface area contributed by atoms with Gasteiger partial charge in [0.25, 0.3) is 0 Å². The number of nitrogens with two attached hydrogens (primary N) is 2. The third-order valence-electron chi connectivity index (χ3n) is 2.36. The van der Waals surface area contributed by atoms with Gasteiger partial charge in [-0.15, -0.1) is 0 Å². The molecular formula is C12H26N2O2. The highest BCUT2D eigenvalue weighted by atomic mass is 16.5. The second-order valence-electron chi connectivity index (χ2n) is 6.09. The van der Waals surface area contributed by atoms with Gasteiger partial charge < -0.3 is 16.2 Å². The predicted octanol–water partition coefficient (Wildman–Crippen LogP) is 1.28. The van der Waals surface area contributed by atoms with Crippen LogP contribution in [0.3, 0.4) is 0 Å². The molecule has 0 saturated carbocycles. The predicted molar refractivity (Wildman–Crippen MR) is 65.8 cm³/mol. The summed E-state index contributed by atoms with van der Waals surface area (Å²) in [6, 6.07) is 0. The summed E-state index contributed by atoms with van der Waals surface area (Å²) in [6.07, 6.45) is 0.708. The summed E-state index contributed by atoms with van der Waals surface area (Å²) < 4.78 is 5.08. The second kappa shape index (κ2) is 5.64. The Labute approximate surface area is 98.7 Å². The van der Waals surface area contributed by atoms with Crippen LogP contribution in [0.4, 0.5) is 0 Å². The smallest absolute Gasteiger partial charge is 0.310 e. The highest BCUT2D eigenvalue weighted by Gasteiger charge is 2.36. The molecule has 0 aliphatic rings. The molecule has 0 radical (unpaired) electrons. The third-order valence-corrected chi connectivity index (χ3v) is 2.36. The van der Waals surface area contributed by atoms with Crippen LogP contribution in [0.25, 0.3) is 0 Å². The highest BCUT2D eigenvalue weighted by molar-refractivity contribution is 5.74. The molecule has 0 heterocycles. The molecule has 0 aromatic rings. The first-order valence-corrected chi connectivity index (χ1v) is 5.73. The van der Waals surface area contributed by atoms with Crippen LogP contribution < -0.4 is 11.5 Å². The number of rotatable bonds is 5. The fourth-order valence-electron chi connectivity index (χ4n) is 1.52. The van der Waals surface area contributed by atoms with Crippen molar-refractivity contribution in [1.82, 2.24) is 0 Å². The molecule has 0 amide bonds. The van der Waals surface area contributed by atoms with E-state index in [1.54, 1.807) is 0 Å². The van der Waals surface area contributed by atoms with E-state index in [1.807, 2.05) is 13.8 Å². The number of esters is 1. The molecular weight excluding hydrogens is 204 g/mol. The zero-order chi connectivity index (χ0) is 13.0. The lowest BCUT2D eigenvalue weighted by Crippen LogP contribution is -2.47. The molecule has 96 valence electrons. The molecule has 4 nitrogen and oxygen atoms in total. The molecule has 0 aliphatic carbocycles. The van der Waals surface area contributed by atoms with Crippen molar-refractivity contribution in [2.75, 3.05) is 13.2 Å². The minimum atomic E-state index is -0.570. The van der Waals surface area contributed by atoms with Crippen molar-refractivity contribution < 1.29 is 9.53 Å². The van der Waals surface area contributed by atoms with Crippen LogP contribution in [0.1, 0.15) is 41.0 Å². The zero-order valence-corrected chi connectivity index (χ0v) is 11.2. The first kappa shape index (κ1) is 15.4. The van der Waals surface area contributed by atoms with Gasteiger partial charge >= 0.3 is 5.97 Å². The Kier molecular flexibility index (Phi) is 5.42. The van der Waals surface area contributed by atoms with Crippen molar-refractivity contribution in [2.45, 2.75) is 46.6 Å². The molecule has 1 unspecified atom stereocenters. The third kappa shape index (κ3) is 6.08. The maximum atomic E-state index is 11.9. The average Bonchev–Trinajstić information content (AvgIpc) is 2.07. The number of hydrogen-bond donors (Lipinski definition) is 2. The Bertz CT molecular complexity index is 226. The number of hydrogen-bond acceptors (Lipinski definition) is 4. The lowest BCUT2D eigenvalue weighted by atomic mass is 9.76. The van der Waals surface area contributed by atoms with Gasteiger partial charge in [0.05, 0.1) is 5.92 Å². The Hall–Kier alpha value is -0.610. The zero-order valence-electron chi connectivity index (χ0n) is 11.2. The number of carbonyl (C=O) groups excluding carboxylic acids is 1. The van der Waals surface area contributed by atoms with Gasteiger partial charge in [0.15, 0.2) is 0 Å². The van der Waals surface area contributed by atoms with Crippen molar-refractivity contribution in [2.24, 2.45) is 22.8 Å². The van der Waals surface area contributed by atoms with Crippen LogP contribution in [0, 0.1) is 11.3 Å². The normalized spacial score (nSPS) is 14.7. The molecule has 4 heteroatoms. The van der Waals surface area contributed by atoms with E-state index in [0.717, 1.165) is 0 Å². The number of ether oxygens (including phenoxy) is 1. The molecule has 0 aromatic carbocycles. The van der Waals surface area contributed by atoms with Crippen LogP contribution in [0.5, 0.6) is 0 Å². The van der Waals surface area contributed by atoms with Crippen LogP contribution in [0.15, 0.2) is 0 Å². The standard InChI is InChI=1S/C12H26N2O2/c1-11(2,3)8-9(12(4,5)14)10(15)16-7-6-13/h9H,6-8,13-14H2,1-5H3. The summed E-state index contributed by atoms with van der Waals surface area (Å²) in [5.41, 5.74) is 10.8. The maximum Gasteiger partial charge on any atom is 0.310 e. The van der Waals surface area contributed by atoms with Gasteiger partial charge in [-0.05, 0) is 25.7 Å². The van der Waals surface area contributed by atoms with Gasteiger partial charge in [0.2, 0.25) is 0 Å². The summed E-state index contributed by atoms with van der Waals surface area (Å²) in [5.74, 6) is -0.535. The van der Waals surface area contributed by atoms with Crippen molar-refractivity contribution in [3.05, 3.63) is 0 Å². The van der Waals surface area contributed by atoms with Crippen LogP contribution in [0.2, 0.25) is 0 Å². The first-order chi connectivity index (χ1) is 7.08. The SMILES string of the molecule is CC(C)(C)CC(C(=O)OCCN)C(C)(C)N. The van der Waals surface area contributed by atoms with Gasteiger partial charge in [-0.3, -0.25) is 4.79 Å². The molecule has 16 heavy (non-hydrogen) atoms. The largest absolute Gasteiger partial charge is 0.464 e. The fourth-order valence-corrected chi connectivity index (χ4v) is 1.52. The molecule has 0 saturated heterocycles. The molecule has 0 aliphatic heterocycles. The molecule has 0 spiro atoms. The highest BCUT2D eigenvalue weighted by Crippen LogP contribution is 2.30. The van der Waals surface area contributed by atoms with E-state index >= 15 is 0 Å². The summed E-state index contributed by atoms with van der Waals surface area (Å²) in [7, 11) is 0. The Morgan fingerprint density at radius 3 is 2.06 bits per heavy atom. The van der Waals surface area contributed by atoms with Gasteiger partial charge in [-0.2, -0.15) is 0 Å². The average molecular weight is 230 g/mol. The number of carbonyl (C=O) groups is 1. The summed E-state index contributed by atoms with van der Waals surface area (Å²) in [6.45, 7) is 10.6. The summed E-state index contributed by atoms with van der Waals surface area (Å²) in [5, 5.41) is 0. The van der Waals surface area contributed by atoms with E-state index in [9.17, 15) is 4.79 Å². The van der Waals surface area contributed by atoms with E-state index < -0.39 is 5.54 Å². The van der Waals surface area contributed by atoms with E-state index in [4.69, 9.17) is 16.2 Å². The lowest BCUT2D eigenvalue weighted by Gasteiger charge is -2.33. The first-order valence-electron chi connectivity index (χ1n) is 5.73. The monoisotopic (exact) mass is 230 g/mol. The van der Waals surface area contributed by atoms with E-state index in [2.05, 4.69) is 20.8 Å². The topological polar surface area (TPSA) is 78.3 Å². The van der Waals surface area contributed by atoms with E-state index in [1.165, 1.54) is 0 Å². The lowest BCUT2D eigenvalue weighted by molar-refractivity contribution is -0.151. The van der Waals surface area contributed by atoms with Gasteiger partial charge in [0.1, 0.15) is 6.61 Å². The van der Waals surface area contributed by atoms with Crippen molar-refractivity contribution >= 4 is 5.97 Å². The summed E-state index contributed by atoms with van der Waals surface area (Å²) in [4.78, 5) is 11.9. The summed E-state index contributed by atoms with van der Waals surface area (Å²) >= 11 is 0. The van der Waals surface area contributed by atoms with Crippen molar-refractivity contribution in [3.8, 4) is 0 Å². The quantitative estimate of drug-likeness (QED) is 0.697. The van der Waals surface area contributed by atoms with Crippen molar-refractivity contribution in [3.63, 3.8) is 0 Å².